The molecule has 2 atom stereocenters. The molecule has 2 heterocycles. The minimum absolute atomic E-state index is 0.00768. The zero-order valence-corrected chi connectivity index (χ0v) is 19.6. The van der Waals surface area contributed by atoms with Crippen molar-refractivity contribution in [1.29, 1.82) is 0 Å². The summed E-state index contributed by atoms with van der Waals surface area (Å²) in [6.45, 7) is 0. The molecule has 5 rings (SSSR count). The second-order valence-corrected chi connectivity index (χ2v) is 9.12. The average molecular weight is 463 g/mol. The second kappa shape index (κ2) is 8.83. The highest BCUT2D eigenvalue weighted by atomic mass is 32.1. The second-order valence-electron chi connectivity index (χ2n) is 8.14. The van der Waals surface area contributed by atoms with E-state index in [1.807, 2.05) is 47.8 Å². The molecule has 0 saturated heterocycles. The largest absolute Gasteiger partial charge is 0.493 e. The molecule has 0 saturated carbocycles. The highest BCUT2D eigenvalue weighted by Gasteiger charge is 2.37. The van der Waals surface area contributed by atoms with Crippen LogP contribution in [0.4, 0.5) is 11.4 Å². The molecule has 0 fully saturated rings. The number of methoxy groups -OCH3 is 3. The van der Waals surface area contributed by atoms with Crippen LogP contribution >= 0.6 is 11.3 Å². The van der Waals surface area contributed by atoms with Crippen molar-refractivity contribution in [2.45, 2.75) is 24.8 Å². The van der Waals surface area contributed by atoms with Gasteiger partial charge in [-0.1, -0.05) is 18.2 Å². The molecule has 2 aromatic carbocycles. The normalized spacial score (nSPS) is 19.5. The third-order valence-corrected chi connectivity index (χ3v) is 7.23. The number of ether oxygens (including phenoxy) is 3. The number of fused-ring (bicyclic) bond motifs is 1. The zero-order chi connectivity index (χ0) is 22.9. The molecule has 0 unspecified atom stereocenters. The van der Waals surface area contributed by atoms with E-state index in [1.165, 1.54) is 0 Å². The Hall–Kier alpha value is -3.45. The highest BCUT2D eigenvalue weighted by molar-refractivity contribution is 7.10. The Labute approximate surface area is 197 Å². The third-order valence-electron chi connectivity index (χ3n) is 6.30. The molecule has 0 spiro atoms. The summed E-state index contributed by atoms with van der Waals surface area (Å²) in [5.41, 5.74) is 4.73. The smallest absolute Gasteiger partial charge is 0.203 e. The first-order valence-corrected chi connectivity index (χ1v) is 11.7. The zero-order valence-electron chi connectivity index (χ0n) is 18.8. The van der Waals surface area contributed by atoms with E-state index in [0.717, 1.165) is 33.1 Å². The molecular weight excluding hydrogens is 436 g/mol. The summed E-state index contributed by atoms with van der Waals surface area (Å²) in [6.07, 6.45) is 1.12. The highest BCUT2D eigenvalue weighted by Crippen LogP contribution is 2.47. The van der Waals surface area contributed by atoms with Gasteiger partial charge in [-0.2, -0.15) is 0 Å². The number of hydrogen-bond acceptors (Lipinski definition) is 7. The van der Waals surface area contributed by atoms with Gasteiger partial charge in [-0.15, -0.1) is 11.3 Å². The predicted molar refractivity (Wildman–Crippen MR) is 131 cm³/mol. The maximum absolute atomic E-state index is 13.6. The molecule has 1 aliphatic heterocycles. The standard InChI is InChI=1S/C26H26N2O4S/c1-30-21-13-16(14-22(31-2)26(21)32-3)15-11-19-24(20(29)12-15)25(23-9-6-10-33-23)28-18-8-5-4-7-17(18)27-19/h4-10,13-15,25,27-28H,11-12H2,1-3H3/t15-,25-/m0/s1. The van der Waals surface area contributed by atoms with Crippen molar-refractivity contribution in [3.63, 3.8) is 0 Å². The Bertz CT molecular complexity index is 1190. The van der Waals surface area contributed by atoms with Gasteiger partial charge in [-0.25, -0.2) is 0 Å². The van der Waals surface area contributed by atoms with Gasteiger partial charge in [0.25, 0.3) is 0 Å². The van der Waals surface area contributed by atoms with Crippen molar-refractivity contribution in [2.24, 2.45) is 0 Å². The van der Waals surface area contributed by atoms with E-state index in [1.54, 1.807) is 32.7 Å². The maximum Gasteiger partial charge on any atom is 0.203 e. The fourth-order valence-electron chi connectivity index (χ4n) is 4.73. The van der Waals surface area contributed by atoms with Crippen molar-refractivity contribution in [1.82, 2.24) is 0 Å². The Morgan fingerprint density at radius 1 is 0.909 bits per heavy atom. The SMILES string of the molecule is COc1cc([C@@H]2CC(=O)C3=C(C2)Nc2ccccc2N[C@H]3c2cccs2)cc(OC)c1OC. The molecular formula is C26H26N2O4S. The van der Waals surface area contributed by atoms with Crippen molar-refractivity contribution < 1.29 is 19.0 Å². The molecule has 0 amide bonds. The average Bonchev–Trinajstić information content (AvgIpc) is 3.31. The van der Waals surface area contributed by atoms with Crippen molar-refractivity contribution >= 4 is 28.5 Å². The number of carbonyl (C=O) groups is 1. The van der Waals surface area contributed by atoms with Gasteiger partial charge in [0, 0.05) is 22.6 Å². The number of allylic oxidation sites excluding steroid dienone is 1. The molecule has 33 heavy (non-hydrogen) atoms. The lowest BCUT2D eigenvalue weighted by molar-refractivity contribution is -0.116. The quantitative estimate of drug-likeness (QED) is 0.503. The Morgan fingerprint density at radius 3 is 2.27 bits per heavy atom. The van der Waals surface area contributed by atoms with Crippen LogP contribution in [0.3, 0.4) is 0 Å². The minimum Gasteiger partial charge on any atom is -0.493 e. The predicted octanol–water partition coefficient (Wildman–Crippen LogP) is 5.75. The third kappa shape index (κ3) is 3.82. The van der Waals surface area contributed by atoms with Crippen molar-refractivity contribution in [3.8, 4) is 17.2 Å². The topological polar surface area (TPSA) is 68.8 Å². The van der Waals surface area contributed by atoms with E-state index in [4.69, 9.17) is 14.2 Å². The van der Waals surface area contributed by atoms with Crippen molar-refractivity contribution in [3.05, 3.63) is 75.6 Å². The van der Waals surface area contributed by atoms with Crippen LogP contribution in [-0.4, -0.2) is 27.1 Å². The van der Waals surface area contributed by atoms with Crippen LogP contribution in [0, 0.1) is 0 Å². The number of thiophene rings is 1. The summed E-state index contributed by atoms with van der Waals surface area (Å²) in [5.74, 6) is 1.87. The van der Waals surface area contributed by atoms with E-state index >= 15 is 0 Å². The lowest BCUT2D eigenvalue weighted by atomic mass is 9.79. The van der Waals surface area contributed by atoms with E-state index in [9.17, 15) is 4.79 Å². The van der Waals surface area contributed by atoms with Crippen LogP contribution in [0.25, 0.3) is 0 Å². The Balaban J connectivity index is 1.58. The van der Waals surface area contributed by atoms with Gasteiger partial charge >= 0.3 is 0 Å². The van der Waals surface area contributed by atoms with Crippen LogP contribution in [0.2, 0.25) is 0 Å². The fourth-order valence-corrected chi connectivity index (χ4v) is 5.52. The number of carbonyl (C=O) groups excluding carboxylic acids is 1. The van der Waals surface area contributed by atoms with Gasteiger partial charge in [0.15, 0.2) is 17.3 Å². The lowest BCUT2D eigenvalue weighted by Gasteiger charge is -2.30. The van der Waals surface area contributed by atoms with Crippen LogP contribution in [-0.2, 0) is 4.79 Å². The number of benzene rings is 2. The van der Waals surface area contributed by atoms with Gasteiger partial charge in [0.2, 0.25) is 5.75 Å². The molecule has 3 aromatic rings. The molecule has 7 heteroatoms. The summed E-state index contributed by atoms with van der Waals surface area (Å²) < 4.78 is 16.6. The van der Waals surface area contributed by atoms with E-state index in [0.29, 0.717) is 30.1 Å². The van der Waals surface area contributed by atoms with Gasteiger partial charge in [0.1, 0.15) is 0 Å². The van der Waals surface area contributed by atoms with Crippen LogP contribution in [0.5, 0.6) is 17.2 Å². The van der Waals surface area contributed by atoms with E-state index < -0.39 is 0 Å². The number of anilines is 2. The van der Waals surface area contributed by atoms with E-state index in [2.05, 4.69) is 16.7 Å². The number of Topliss-reactive ketones (excluding diaryl/α,β-unsaturated/α-hetero) is 1. The number of nitrogens with one attached hydrogen (secondary N) is 2. The number of ketones is 1. The Morgan fingerprint density at radius 2 is 1.64 bits per heavy atom. The monoisotopic (exact) mass is 462 g/mol. The summed E-state index contributed by atoms with van der Waals surface area (Å²) in [4.78, 5) is 14.8. The number of rotatable bonds is 5. The Kier molecular flexibility index (Phi) is 5.72. The first-order valence-electron chi connectivity index (χ1n) is 10.8. The maximum atomic E-state index is 13.6. The fraction of sp³-hybridized carbons (Fsp3) is 0.269. The van der Waals surface area contributed by atoms with Gasteiger partial charge in [-0.3, -0.25) is 4.79 Å². The van der Waals surface area contributed by atoms with E-state index in [-0.39, 0.29) is 17.7 Å². The summed E-state index contributed by atoms with van der Waals surface area (Å²) in [6, 6.07) is 15.9. The number of hydrogen-bond donors (Lipinski definition) is 2. The summed E-state index contributed by atoms with van der Waals surface area (Å²) in [5, 5.41) is 9.24. The minimum atomic E-state index is -0.176. The molecule has 1 aromatic heterocycles. The van der Waals surface area contributed by atoms with Crippen LogP contribution in [0.15, 0.2) is 65.2 Å². The van der Waals surface area contributed by atoms with Crippen LogP contribution < -0.4 is 24.8 Å². The molecule has 2 N–H and O–H groups in total. The molecule has 6 nitrogen and oxygen atoms in total. The molecule has 2 aliphatic rings. The number of para-hydroxylation sites is 2. The van der Waals surface area contributed by atoms with Crippen LogP contribution in [0.1, 0.15) is 35.2 Å². The first kappa shape index (κ1) is 21.4. The van der Waals surface area contributed by atoms with Crippen molar-refractivity contribution in [2.75, 3.05) is 32.0 Å². The molecule has 1 aliphatic carbocycles. The summed E-state index contributed by atoms with van der Waals surface area (Å²) >= 11 is 1.66. The van der Waals surface area contributed by atoms with Gasteiger partial charge < -0.3 is 24.8 Å². The van der Waals surface area contributed by atoms with Gasteiger partial charge in [-0.05, 0) is 53.6 Å². The summed E-state index contributed by atoms with van der Waals surface area (Å²) in [7, 11) is 4.80. The molecule has 0 bridgehead atoms. The van der Waals surface area contributed by atoms with Gasteiger partial charge in [0.05, 0.1) is 38.7 Å². The first-order chi connectivity index (χ1) is 16.1. The lowest BCUT2D eigenvalue weighted by Crippen LogP contribution is -2.26. The molecule has 170 valence electrons. The molecule has 0 radical (unpaired) electrons.